The summed E-state index contributed by atoms with van der Waals surface area (Å²) in [5, 5.41) is 18.1. The van der Waals surface area contributed by atoms with Crippen LogP contribution in [0.3, 0.4) is 0 Å². The van der Waals surface area contributed by atoms with Gasteiger partial charge in [-0.25, -0.2) is 15.0 Å². The summed E-state index contributed by atoms with van der Waals surface area (Å²) in [5.41, 5.74) is 2.20. The topological polar surface area (TPSA) is 122 Å². The van der Waals surface area contributed by atoms with Crippen molar-refractivity contribution >= 4 is 40.5 Å². The van der Waals surface area contributed by atoms with Gasteiger partial charge in [0.25, 0.3) is 5.69 Å². The molecule has 0 atom stereocenters. The Bertz CT molecular complexity index is 1250. The lowest BCUT2D eigenvalue weighted by Crippen LogP contribution is -2.15. The maximum atomic E-state index is 10.7. The van der Waals surface area contributed by atoms with E-state index in [1.54, 1.807) is 24.4 Å². The molecule has 0 aliphatic carbocycles. The number of imidazole rings is 1. The van der Waals surface area contributed by atoms with Crippen LogP contribution in [0.25, 0.3) is 22.8 Å². The molecule has 0 fully saturated rings. The van der Waals surface area contributed by atoms with Crippen LogP contribution >= 0.6 is 23.2 Å². The minimum absolute atomic E-state index is 0.0471. The zero-order valence-corrected chi connectivity index (χ0v) is 18.1. The first-order chi connectivity index (χ1) is 15.5. The summed E-state index contributed by atoms with van der Waals surface area (Å²) in [6, 6.07) is 13.9. The Morgan fingerprint density at radius 3 is 2.50 bits per heavy atom. The van der Waals surface area contributed by atoms with Gasteiger partial charge in [0.2, 0.25) is 0 Å². The van der Waals surface area contributed by atoms with E-state index in [4.69, 9.17) is 23.2 Å². The highest BCUT2D eigenvalue weighted by Gasteiger charge is 2.10. The molecule has 0 amide bonds. The summed E-state index contributed by atoms with van der Waals surface area (Å²) < 4.78 is 0. The molecule has 0 aliphatic rings. The van der Waals surface area contributed by atoms with Crippen LogP contribution < -0.4 is 10.6 Å². The molecule has 0 saturated carbocycles. The SMILES string of the molecule is O=[N+]([O-])c1ccc(NCCNc2cccc(-c3ncc(-c4ccc(Cl)cc4Cl)[nH]3)n2)nc1. The Morgan fingerprint density at radius 2 is 1.78 bits per heavy atom. The number of hydrogen-bond acceptors (Lipinski definition) is 7. The van der Waals surface area contributed by atoms with Crippen molar-refractivity contribution in [3.05, 3.63) is 81.1 Å². The maximum Gasteiger partial charge on any atom is 0.287 e. The van der Waals surface area contributed by atoms with Crippen LogP contribution in [-0.4, -0.2) is 37.9 Å². The van der Waals surface area contributed by atoms with Crippen LogP contribution in [0.1, 0.15) is 0 Å². The molecule has 3 N–H and O–H groups in total. The number of aromatic nitrogens is 4. The number of hydrogen-bond donors (Lipinski definition) is 3. The zero-order chi connectivity index (χ0) is 22.5. The van der Waals surface area contributed by atoms with Gasteiger partial charge < -0.3 is 15.6 Å². The van der Waals surface area contributed by atoms with E-state index in [0.717, 1.165) is 11.3 Å². The third-order valence-corrected chi connectivity index (χ3v) is 5.03. The second kappa shape index (κ2) is 9.63. The number of anilines is 2. The standard InChI is InChI=1S/C21H17Cl2N7O2/c22-13-4-6-15(16(23)10-13)18-12-27-21(29-18)17-2-1-3-20(28-17)25-9-8-24-19-7-5-14(11-26-19)30(31)32/h1-7,10-12H,8-9H2,(H,24,26)(H,25,28)(H,27,29). The Kier molecular flexibility index (Phi) is 6.48. The van der Waals surface area contributed by atoms with E-state index in [1.807, 2.05) is 24.3 Å². The summed E-state index contributed by atoms with van der Waals surface area (Å²) >= 11 is 12.3. The van der Waals surface area contributed by atoms with Crippen molar-refractivity contribution in [2.75, 3.05) is 23.7 Å². The number of halogens is 2. The highest BCUT2D eigenvalue weighted by molar-refractivity contribution is 6.36. The molecular formula is C21H17Cl2N7O2. The largest absolute Gasteiger partial charge is 0.368 e. The van der Waals surface area contributed by atoms with Gasteiger partial charge in [0.15, 0.2) is 5.82 Å². The van der Waals surface area contributed by atoms with Crippen LogP contribution in [0.15, 0.2) is 60.9 Å². The second-order valence-corrected chi connectivity index (χ2v) is 7.53. The lowest BCUT2D eigenvalue weighted by atomic mass is 10.2. The fourth-order valence-electron chi connectivity index (χ4n) is 2.94. The van der Waals surface area contributed by atoms with E-state index in [9.17, 15) is 10.1 Å². The number of nitro groups is 1. The third kappa shape index (κ3) is 5.13. The lowest BCUT2D eigenvalue weighted by molar-refractivity contribution is -0.385. The second-order valence-electron chi connectivity index (χ2n) is 6.69. The monoisotopic (exact) mass is 469 g/mol. The van der Waals surface area contributed by atoms with Crippen molar-refractivity contribution in [1.82, 2.24) is 19.9 Å². The lowest BCUT2D eigenvalue weighted by Gasteiger charge is -2.08. The fourth-order valence-corrected chi connectivity index (χ4v) is 3.45. The van der Waals surface area contributed by atoms with Crippen LogP contribution in [0.4, 0.5) is 17.3 Å². The fraction of sp³-hybridized carbons (Fsp3) is 0.0952. The molecule has 9 nitrogen and oxygen atoms in total. The van der Waals surface area contributed by atoms with E-state index in [-0.39, 0.29) is 5.69 Å². The highest BCUT2D eigenvalue weighted by Crippen LogP contribution is 2.30. The average Bonchev–Trinajstić information content (AvgIpc) is 3.27. The van der Waals surface area contributed by atoms with Crippen molar-refractivity contribution in [3.8, 4) is 22.8 Å². The zero-order valence-electron chi connectivity index (χ0n) is 16.5. The van der Waals surface area contributed by atoms with Crippen LogP contribution in [0.2, 0.25) is 10.0 Å². The van der Waals surface area contributed by atoms with E-state index >= 15 is 0 Å². The van der Waals surface area contributed by atoms with Gasteiger partial charge in [0, 0.05) is 29.7 Å². The van der Waals surface area contributed by atoms with E-state index in [1.165, 1.54) is 12.3 Å². The quantitative estimate of drug-likeness (QED) is 0.182. The molecule has 0 bridgehead atoms. The summed E-state index contributed by atoms with van der Waals surface area (Å²) in [7, 11) is 0. The van der Waals surface area contributed by atoms with Crippen LogP contribution in [-0.2, 0) is 0 Å². The van der Waals surface area contributed by atoms with Crippen LogP contribution in [0.5, 0.6) is 0 Å². The van der Waals surface area contributed by atoms with Gasteiger partial charge in [-0.1, -0.05) is 29.3 Å². The summed E-state index contributed by atoms with van der Waals surface area (Å²) in [5.74, 6) is 1.86. The number of H-pyrrole nitrogens is 1. The number of rotatable bonds is 8. The van der Waals surface area contributed by atoms with Gasteiger partial charge in [-0.15, -0.1) is 0 Å². The highest BCUT2D eigenvalue weighted by atomic mass is 35.5. The number of pyridine rings is 2. The predicted molar refractivity (Wildman–Crippen MR) is 125 cm³/mol. The minimum atomic E-state index is -0.483. The Labute approximate surface area is 193 Å². The van der Waals surface area contributed by atoms with Gasteiger partial charge in [-0.05, 0) is 36.4 Å². The summed E-state index contributed by atoms with van der Waals surface area (Å²) in [6.45, 7) is 1.12. The van der Waals surface area contributed by atoms with Crippen LogP contribution in [0, 0.1) is 10.1 Å². The van der Waals surface area contributed by atoms with Gasteiger partial charge >= 0.3 is 0 Å². The number of nitrogens with zero attached hydrogens (tertiary/aromatic N) is 4. The number of benzene rings is 1. The molecule has 32 heavy (non-hydrogen) atoms. The van der Waals surface area contributed by atoms with Gasteiger partial charge in [-0.2, -0.15) is 0 Å². The Morgan fingerprint density at radius 1 is 0.969 bits per heavy atom. The smallest absolute Gasteiger partial charge is 0.287 e. The van der Waals surface area contributed by atoms with Crippen molar-refractivity contribution in [2.24, 2.45) is 0 Å². The Hall–Kier alpha value is -3.69. The molecule has 3 heterocycles. The third-order valence-electron chi connectivity index (χ3n) is 4.48. The van der Waals surface area contributed by atoms with E-state index in [0.29, 0.717) is 46.3 Å². The molecule has 0 saturated heterocycles. The molecule has 0 spiro atoms. The molecule has 162 valence electrons. The van der Waals surface area contributed by atoms with Gasteiger partial charge in [0.1, 0.15) is 23.5 Å². The first kappa shape index (κ1) is 21.5. The number of nitrogens with one attached hydrogen (secondary N) is 3. The predicted octanol–water partition coefficient (Wildman–Crippen LogP) is 5.27. The van der Waals surface area contributed by atoms with E-state index < -0.39 is 4.92 Å². The summed E-state index contributed by atoms with van der Waals surface area (Å²) in [6.07, 6.45) is 2.92. The molecular weight excluding hydrogens is 453 g/mol. The molecule has 4 rings (SSSR count). The minimum Gasteiger partial charge on any atom is -0.368 e. The maximum absolute atomic E-state index is 10.7. The van der Waals surface area contributed by atoms with E-state index in [2.05, 4.69) is 30.6 Å². The van der Waals surface area contributed by atoms with Crippen molar-refractivity contribution in [2.45, 2.75) is 0 Å². The molecule has 11 heteroatoms. The summed E-state index contributed by atoms with van der Waals surface area (Å²) in [4.78, 5) is 26.4. The first-order valence-corrected chi connectivity index (χ1v) is 10.3. The molecule has 3 aromatic heterocycles. The Balaban J connectivity index is 1.36. The first-order valence-electron chi connectivity index (χ1n) is 9.55. The normalized spacial score (nSPS) is 10.7. The molecule has 0 unspecified atom stereocenters. The van der Waals surface area contributed by atoms with Crippen molar-refractivity contribution in [3.63, 3.8) is 0 Å². The van der Waals surface area contributed by atoms with Crippen molar-refractivity contribution < 1.29 is 4.92 Å². The van der Waals surface area contributed by atoms with Gasteiger partial charge in [-0.3, -0.25) is 10.1 Å². The van der Waals surface area contributed by atoms with Gasteiger partial charge in [0.05, 0.1) is 21.8 Å². The molecule has 0 radical (unpaired) electrons. The number of aromatic amines is 1. The average molecular weight is 470 g/mol. The van der Waals surface area contributed by atoms with Crippen molar-refractivity contribution in [1.29, 1.82) is 0 Å². The molecule has 0 aliphatic heterocycles. The molecule has 4 aromatic rings. The molecule has 1 aromatic carbocycles.